The van der Waals surface area contributed by atoms with Crippen LogP contribution in [0.2, 0.25) is 0 Å². The smallest absolute Gasteiger partial charge is 0.251 e. The summed E-state index contributed by atoms with van der Waals surface area (Å²) in [5, 5.41) is 3.13. The third kappa shape index (κ3) is 4.15. The topological polar surface area (TPSA) is 58.1 Å². The van der Waals surface area contributed by atoms with Gasteiger partial charge < -0.3 is 5.32 Å². The number of rotatable bonds is 5. The molecule has 150 valence electrons. The van der Waals surface area contributed by atoms with Crippen LogP contribution in [0.25, 0.3) is 11.0 Å². The zero-order valence-corrected chi connectivity index (χ0v) is 17.4. The number of aromatic nitrogens is 2. The zero-order valence-electron chi connectivity index (χ0n) is 17.4. The van der Waals surface area contributed by atoms with E-state index in [2.05, 4.69) is 51.4 Å². The van der Waals surface area contributed by atoms with Gasteiger partial charge in [-0.1, -0.05) is 31.2 Å². The van der Waals surface area contributed by atoms with Crippen molar-refractivity contribution in [1.82, 2.24) is 20.2 Å². The van der Waals surface area contributed by atoms with Crippen LogP contribution in [0.3, 0.4) is 0 Å². The van der Waals surface area contributed by atoms with Gasteiger partial charge in [-0.05, 0) is 56.0 Å². The lowest BCUT2D eigenvalue weighted by Crippen LogP contribution is -2.45. The van der Waals surface area contributed by atoms with Gasteiger partial charge in [0.15, 0.2) is 0 Å². The maximum absolute atomic E-state index is 12.8. The number of carbonyl (C=O) groups excluding carboxylic acids is 1. The van der Waals surface area contributed by atoms with Crippen LogP contribution in [0.15, 0.2) is 42.5 Å². The van der Waals surface area contributed by atoms with E-state index in [0.29, 0.717) is 18.2 Å². The largest absolute Gasteiger partial charge is 0.350 e. The van der Waals surface area contributed by atoms with Gasteiger partial charge in [-0.25, -0.2) is 9.97 Å². The van der Waals surface area contributed by atoms with Gasteiger partial charge in [0.05, 0.1) is 22.4 Å². The fourth-order valence-electron chi connectivity index (χ4n) is 4.05. The molecule has 5 nitrogen and oxygen atoms in total. The predicted molar refractivity (Wildman–Crippen MR) is 116 cm³/mol. The van der Waals surface area contributed by atoms with E-state index in [-0.39, 0.29) is 5.91 Å². The number of hydrogen-bond acceptors (Lipinski definition) is 4. The van der Waals surface area contributed by atoms with Crippen LogP contribution < -0.4 is 5.32 Å². The number of fused-ring (bicyclic) bond motifs is 2. The minimum Gasteiger partial charge on any atom is -0.350 e. The van der Waals surface area contributed by atoms with Crippen LogP contribution in [-0.2, 0) is 13.0 Å². The van der Waals surface area contributed by atoms with E-state index in [0.717, 1.165) is 48.4 Å². The Bertz CT molecular complexity index is 1050. The molecule has 5 heteroatoms. The Labute approximate surface area is 172 Å². The molecule has 1 unspecified atom stereocenters. The molecular formula is C24H28N4O. The van der Waals surface area contributed by atoms with Crippen molar-refractivity contribution < 1.29 is 4.79 Å². The van der Waals surface area contributed by atoms with Crippen LogP contribution >= 0.6 is 0 Å². The Morgan fingerprint density at radius 2 is 1.79 bits per heavy atom. The standard InChI is InChI=1S/C24H28N4O/c1-4-21(28-12-11-18-7-5-6-8-20(18)15-28)14-25-24(29)19-9-10-22-23(13-19)27-17(3)16(2)26-22/h5-10,13,21H,4,11-12,14-15H2,1-3H3,(H,25,29). The summed E-state index contributed by atoms with van der Waals surface area (Å²) in [4.78, 5) is 24.4. The van der Waals surface area contributed by atoms with Gasteiger partial charge in [-0.2, -0.15) is 0 Å². The van der Waals surface area contributed by atoms with Crippen molar-refractivity contribution >= 4 is 16.9 Å². The summed E-state index contributed by atoms with van der Waals surface area (Å²) in [5.74, 6) is -0.0530. The van der Waals surface area contributed by atoms with Crippen molar-refractivity contribution in [1.29, 1.82) is 0 Å². The minimum atomic E-state index is -0.0530. The van der Waals surface area contributed by atoms with E-state index in [1.165, 1.54) is 11.1 Å². The quantitative estimate of drug-likeness (QED) is 0.722. The monoisotopic (exact) mass is 388 g/mol. The number of benzene rings is 2. The molecule has 1 atom stereocenters. The molecule has 1 amide bonds. The zero-order chi connectivity index (χ0) is 20.4. The van der Waals surface area contributed by atoms with E-state index in [1.807, 2.05) is 32.0 Å². The summed E-state index contributed by atoms with van der Waals surface area (Å²) in [6.45, 7) is 8.72. The first-order valence-corrected chi connectivity index (χ1v) is 10.4. The highest BCUT2D eigenvalue weighted by atomic mass is 16.1. The lowest BCUT2D eigenvalue weighted by atomic mass is 9.98. The first kappa shape index (κ1) is 19.5. The second-order valence-corrected chi connectivity index (χ2v) is 7.86. The predicted octanol–water partition coefficient (Wildman–Crippen LogP) is 3.81. The fraction of sp³-hybridized carbons (Fsp3) is 0.375. The SMILES string of the molecule is CCC(CNC(=O)c1ccc2nc(C)c(C)nc2c1)N1CCc2ccccc2C1. The Morgan fingerprint density at radius 1 is 1.07 bits per heavy atom. The molecule has 0 aliphatic carbocycles. The van der Waals surface area contributed by atoms with Crippen molar-refractivity contribution in [2.75, 3.05) is 13.1 Å². The van der Waals surface area contributed by atoms with Gasteiger partial charge in [0, 0.05) is 31.2 Å². The molecule has 0 bridgehead atoms. The van der Waals surface area contributed by atoms with E-state index in [9.17, 15) is 4.79 Å². The molecule has 0 fully saturated rings. The molecule has 0 saturated heterocycles. The minimum absolute atomic E-state index is 0.0530. The molecule has 3 aromatic rings. The van der Waals surface area contributed by atoms with Crippen LogP contribution in [0, 0.1) is 13.8 Å². The summed E-state index contributed by atoms with van der Waals surface area (Å²) in [6.07, 6.45) is 2.08. The molecule has 0 radical (unpaired) electrons. The lowest BCUT2D eigenvalue weighted by Gasteiger charge is -2.35. The van der Waals surface area contributed by atoms with Crippen LogP contribution in [-0.4, -0.2) is 39.9 Å². The van der Waals surface area contributed by atoms with Gasteiger partial charge in [-0.15, -0.1) is 0 Å². The summed E-state index contributed by atoms with van der Waals surface area (Å²) < 4.78 is 0. The molecule has 2 aromatic carbocycles. The van der Waals surface area contributed by atoms with E-state index in [4.69, 9.17) is 0 Å². The summed E-state index contributed by atoms with van der Waals surface area (Å²) in [5.41, 5.74) is 6.89. The normalized spacial score (nSPS) is 15.1. The maximum atomic E-state index is 12.8. The van der Waals surface area contributed by atoms with Crippen molar-refractivity contribution in [3.8, 4) is 0 Å². The van der Waals surface area contributed by atoms with Crippen LogP contribution in [0.5, 0.6) is 0 Å². The molecular weight excluding hydrogens is 360 g/mol. The molecule has 1 aliphatic rings. The highest BCUT2D eigenvalue weighted by molar-refractivity contribution is 5.97. The Balaban J connectivity index is 1.43. The number of carbonyl (C=O) groups is 1. The van der Waals surface area contributed by atoms with Crippen molar-refractivity contribution in [2.24, 2.45) is 0 Å². The summed E-state index contributed by atoms with van der Waals surface area (Å²) >= 11 is 0. The Morgan fingerprint density at radius 3 is 2.55 bits per heavy atom. The molecule has 0 spiro atoms. The highest BCUT2D eigenvalue weighted by Crippen LogP contribution is 2.21. The van der Waals surface area contributed by atoms with Gasteiger partial charge in [0.2, 0.25) is 0 Å². The molecule has 1 N–H and O–H groups in total. The third-order valence-corrected chi connectivity index (χ3v) is 5.98. The van der Waals surface area contributed by atoms with Gasteiger partial charge in [-0.3, -0.25) is 9.69 Å². The Hall–Kier alpha value is -2.79. The van der Waals surface area contributed by atoms with E-state index < -0.39 is 0 Å². The molecule has 1 aliphatic heterocycles. The van der Waals surface area contributed by atoms with E-state index >= 15 is 0 Å². The van der Waals surface area contributed by atoms with Crippen LogP contribution in [0.4, 0.5) is 0 Å². The third-order valence-electron chi connectivity index (χ3n) is 5.98. The maximum Gasteiger partial charge on any atom is 0.251 e. The average Bonchev–Trinajstić information content (AvgIpc) is 2.74. The van der Waals surface area contributed by atoms with Gasteiger partial charge in [0.1, 0.15) is 0 Å². The second-order valence-electron chi connectivity index (χ2n) is 7.86. The fourth-order valence-corrected chi connectivity index (χ4v) is 4.05. The van der Waals surface area contributed by atoms with Gasteiger partial charge in [0.25, 0.3) is 5.91 Å². The number of amides is 1. The number of aryl methyl sites for hydroxylation is 2. The average molecular weight is 389 g/mol. The molecule has 4 rings (SSSR count). The number of nitrogens with one attached hydrogen (secondary N) is 1. The second kappa shape index (κ2) is 8.29. The molecule has 2 heterocycles. The van der Waals surface area contributed by atoms with Crippen molar-refractivity contribution in [3.63, 3.8) is 0 Å². The first-order chi connectivity index (χ1) is 14.0. The lowest BCUT2D eigenvalue weighted by molar-refractivity contribution is 0.0926. The highest BCUT2D eigenvalue weighted by Gasteiger charge is 2.22. The summed E-state index contributed by atoms with van der Waals surface area (Å²) in [7, 11) is 0. The molecule has 0 saturated carbocycles. The van der Waals surface area contributed by atoms with E-state index in [1.54, 1.807) is 0 Å². The van der Waals surface area contributed by atoms with Crippen LogP contribution in [0.1, 0.15) is 46.2 Å². The number of nitrogens with zero attached hydrogens (tertiary/aromatic N) is 3. The summed E-state index contributed by atoms with van der Waals surface area (Å²) in [6, 6.07) is 14.5. The van der Waals surface area contributed by atoms with Gasteiger partial charge >= 0.3 is 0 Å². The number of hydrogen-bond donors (Lipinski definition) is 1. The van der Waals surface area contributed by atoms with Crippen molar-refractivity contribution in [3.05, 3.63) is 70.5 Å². The molecule has 1 aromatic heterocycles. The first-order valence-electron chi connectivity index (χ1n) is 10.4. The Kier molecular flexibility index (Phi) is 5.58. The molecule has 29 heavy (non-hydrogen) atoms. The van der Waals surface area contributed by atoms with Crippen molar-refractivity contribution in [2.45, 2.75) is 46.2 Å².